The first-order chi connectivity index (χ1) is 15.8. The number of nitrogens with one attached hydrogen (secondary N) is 1. The first kappa shape index (κ1) is 26.7. The van der Waals surface area contributed by atoms with Crippen molar-refractivity contribution in [1.82, 2.24) is 10.2 Å². The second-order valence-corrected chi connectivity index (χ2v) is 12.4. The lowest BCUT2D eigenvalue weighted by molar-refractivity contribution is 0.245. The van der Waals surface area contributed by atoms with E-state index in [9.17, 15) is 27.6 Å². The van der Waals surface area contributed by atoms with E-state index in [4.69, 9.17) is 23.2 Å². The van der Waals surface area contributed by atoms with E-state index in [1.54, 1.807) is 11.0 Å². The van der Waals surface area contributed by atoms with E-state index >= 15 is 0 Å². The fraction of sp³-hybridized carbons (Fsp3) is 0.350. The Kier molecular flexibility index (Phi) is 8.19. The first-order valence-electron chi connectivity index (χ1n) is 10.1. The molecule has 0 atom stereocenters. The molecule has 0 saturated heterocycles. The van der Waals surface area contributed by atoms with E-state index in [-0.39, 0.29) is 26.7 Å². The van der Waals surface area contributed by atoms with Crippen molar-refractivity contribution in [2.45, 2.75) is 11.3 Å². The van der Waals surface area contributed by atoms with Gasteiger partial charge >= 0.3 is 13.6 Å². The van der Waals surface area contributed by atoms with Gasteiger partial charge in [0.05, 0.1) is 10.6 Å². The molecule has 1 aliphatic heterocycles. The molecule has 2 aromatic carbocycles. The van der Waals surface area contributed by atoms with Crippen molar-refractivity contribution in [2.24, 2.45) is 0 Å². The maximum absolute atomic E-state index is 13.3. The molecule has 0 spiro atoms. The molecule has 10 nitrogen and oxygen atoms in total. The number of fused-ring (bicyclic) bond motifs is 1. The summed E-state index contributed by atoms with van der Waals surface area (Å²) in [6.07, 6.45) is -0.621. The average molecular weight is 551 g/mol. The highest BCUT2D eigenvalue weighted by atomic mass is 35.5. The van der Waals surface area contributed by atoms with Gasteiger partial charge in [-0.1, -0.05) is 23.2 Å². The predicted molar refractivity (Wildman–Crippen MR) is 132 cm³/mol. The summed E-state index contributed by atoms with van der Waals surface area (Å²) in [5, 5.41) is 2.96. The minimum atomic E-state index is -4.79. The van der Waals surface area contributed by atoms with Crippen molar-refractivity contribution >= 4 is 58.2 Å². The lowest BCUT2D eigenvalue weighted by Crippen LogP contribution is -2.41. The third-order valence-corrected chi connectivity index (χ3v) is 8.09. The van der Waals surface area contributed by atoms with E-state index in [1.807, 2.05) is 19.0 Å². The normalized spacial score (nSPS) is 13.8. The highest BCUT2D eigenvalue weighted by molar-refractivity contribution is 7.93. The Morgan fingerprint density at radius 2 is 1.79 bits per heavy atom. The Morgan fingerprint density at radius 1 is 1.15 bits per heavy atom. The quantitative estimate of drug-likeness (QED) is 0.430. The number of anilines is 2. The lowest BCUT2D eigenvalue weighted by Gasteiger charge is -2.26. The van der Waals surface area contributed by atoms with Gasteiger partial charge in [-0.05, 0) is 62.5 Å². The van der Waals surface area contributed by atoms with Gasteiger partial charge in [0, 0.05) is 35.4 Å². The van der Waals surface area contributed by atoms with E-state index in [0.717, 1.165) is 12.1 Å². The standard InChI is InChI=1S/C20H25Cl2N4O6PS/c1-24(2)8-6-23-20(27)25-7-5-14-9-17(3-4-19(14)25)26(13-33(28,29)30)34(31,32)18-11-15(21)10-16(22)12-18/h3-4,9-12H,5-8,13H2,1-2H3,(H,23,27)(H2,28,29,30). The van der Waals surface area contributed by atoms with Crippen molar-refractivity contribution in [3.8, 4) is 0 Å². The van der Waals surface area contributed by atoms with E-state index in [0.29, 0.717) is 41.6 Å². The molecule has 186 valence electrons. The van der Waals surface area contributed by atoms with Crippen molar-refractivity contribution < 1.29 is 27.6 Å². The molecule has 2 amide bonds. The minimum Gasteiger partial charge on any atom is -0.336 e. The molecule has 0 aromatic heterocycles. The summed E-state index contributed by atoms with van der Waals surface area (Å²) >= 11 is 11.9. The van der Waals surface area contributed by atoms with Crippen LogP contribution in [-0.4, -0.2) is 69.2 Å². The smallest absolute Gasteiger partial charge is 0.336 e. The Morgan fingerprint density at radius 3 is 2.38 bits per heavy atom. The zero-order valence-corrected chi connectivity index (χ0v) is 21.7. The van der Waals surface area contributed by atoms with Gasteiger partial charge in [-0.3, -0.25) is 13.8 Å². The first-order valence-corrected chi connectivity index (χ1v) is 14.1. The number of amides is 2. The SMILES string of the molecule is CN(C)CCNC(=O)N1CCc2cc(N(CP(=O)(O)O)S(=O)(=O)c3cc(Cl)cc(Cl)c3)ccc21. The van der Waals surface area contributed by atoms with Crippen LogP contribution in [0.2, 0.25) is 10.0 Å². The molecule has 34 heavy (non-hydrogen) atoms. The van der Waals surface area contributed by atoms with Gasteiger partial charge in [0.15, 0.2) is 0 Å². The van der Waals surface area contributed by atoms with Crippen LogP contribution in [0.3, 0.4) is 0 Å². The Balaban J connectivity index is 1.95. The maximum Gasteiger partial charge on any atom is 0.345 e. The number of hydrogen-bond acceptors (Lipinski definition) is 5. The van der Waals surface area contributed by atoms with Gasteiger partial charge in [-0.15, -0.1) is 0 Å². The molecular formula is C20H25Cl2N4O6PS. The van der Waals surface area contributed by atoms with Crippen LogP contribution in [0.5, 0.6) is 0 Å². The van der Waals surface area contributed by atoms with Crippen LogP contribution >= 0.6 is 30.8 Å². The molecule has 0 saturated carbocycles. The van der Waals surface area contributed by atoms with Gasteiger partial charge in [-0.2, -0.15) is 0 Å². The summed E-state index contributed by atoms with van der Waals surface area (Å²) < 4.78 is 39.2. The summed E-state index contributed by atoms with van der Waals surface area (Å²) in [5.74, 6) is 0. The van der Waals surface area contributed by atoms with E-state index in [2.05, 4.69) is 5.32 Å². The molecule has 0 bridgehead atoms. The summed E-state index contributed by atoms with van der Waals surface area (Å²) in [4.78, 5) is 34.9. The Bertz CT molecular complexity index is 1220. The molecule has 1 aliphatic rings. The van der Waals surface area contributed by atoms with Crippen LogP contribution in [-0.2, 0) is 21.0 Å². The second kappa shape index (κ2) is 10.4. The van der Waals surface area contributed by atoms with Gasteiger partial charge < -0.3 is 20.0 Å². The van der Waals surface area contributed by atoms with Crippen LogP contribution < -0.4 is 14.5 Å². The molecule has 3 rings (SSSR count). The molecule has 1 heterocycles. The van der Waals surface area contributed by atoms with Gasteiger partial charge in [0.1, 0.15) is 6.29 Å². The summed E-state index contributed by atoms with van der Waals surface area (Å²) in [6, 6.07) is 7.87. The number of carbonyl (C=O) groups is 1. The zero-order valence-electron chi connectivity index (χ0n) is 18.5. The number of hydrogen-bond donors (Lipinski definition) is 3. The lowest BCUT2D eigenvalue weighted by atomic mass is 10.1. The van der Waals surface area contributed by atoms with Gasteiger partial charge in [0.25, 0.3) is 10.0 Å². The molecule has 0 unspecified atom stereocenters. The summed E-state index contributed by atoms with van der Waals surface area (Å²) in [7, 11) is -5.43. The van der Waals surface area contributed by atoms with Crippen LogP contribution in [0.25, 0.3) is 0 Å². The van der Waals surface area contributed by atoms with Crippen molar-refractivity contribution in [3.63, 3.8) is 0 Å². The second-order valence-electron chi connectivity index (χ2n) is 8.01. The topological polar surface area (TPSA) is 130 Å². The van der Waals surface area contributed by atoms with Crippen LogP contribution in [0.15, 0.2) is 41.3 Å². The third-order valence-electron chi connectivity index (χ3n) is 5.06. The molecule has 0 aliphatic carbocycles. The Labute approximate surface area is 208 Å². The van der Waals surface area contributed by atoms with Crippen LogP contribution in [0, 0.1) is 0 Å². The highest BCUT2D eigenvalue weighted by Gasteiger charge is 2.33. The highest BCUT2D eigenvalue weighted by Crippen LogP contribution is 2.41. The summed E-state index contributed by atoms with van der Waals surface area (Å²) in [5.41, 5.74) is 1.33. The van der Waals surface area contributed by atoms with E-state index < -0.39 is 23.9 Å². The number of rotatable bonds is 8. The predicted octanol–water partition coefficient (Wildman–Crippen LogP) is 2.96. The van der Waals surface area contributed by atoms with Gasteiger partial charge in [0.2, 0.25) is 0 Å². The third kappa shape index (κ3) is 6.42. The van der Waals surface area contributed by atoms with E-state index in [1.165, 1.54) is 18.2 Å². The number of nitrogens with zero attached hydrogens (tertiary/aromatic N) is 3. The number of sulfonamides is 1. The fourth-order valence-corrected chi connectivity index (χ4v) is 6.91. The molecular weight excluding hydrogens is 526 g/mol. The minimum absolute atomic E-state index is 0.0491. The summed E-state index contributed by atoms with van der Waals surface area (Å²) in [6.45, 7) is 1.53. The zero-order chi connectivity index (χ0) is 25.3. The molecule has 2 aromatic rings. The monoisotopic (exact) mass is 550 g/mol. The number of urea groups is 1. The van der Waals surface area contributed by atoms with Crippen molar-refractivity contribution in [1.29, 1.82) is 0 Å². The fourth-order valence-electron chi connectivity index (χ4n) is 3.50. The molecule has 14 heteroatoms. The van der Waals surface area contributed by atoms with Gasteiger partial charge in [-0.25, -0.2) is 13.2 Å². The average Bonchev–Trinajstić information content (AvgIpc) is 3.13. The van der Waals surface area contributed by atoms with Crippen molar-refractivity contribution in [3.05, 3.63) is 52.0 Å². The largest absolute Gasteiger partial charge is 0.345 e. The van der Waals surface area contributed by atoms with Crippen molar-refractivity contribution in [2.75, 3.05) is 49.2 Å². The van der Waals surface area contributed by atoms with Crippen LogP contribution in [0.1, 0.15) is 5.56 Å². The molecule has 0 fully saturated rings. The number of likely N-dealkylation sites (N-methyl/N-ethyl adjacent to an activating group) is 1. The maximum atomic E-state index is 13.3. The number of carbonyl (C=O) groups excluding carboxylic acids is 1. The number of halogens is 2. The molecule has 0 radical (unpaired) electrons. The van der Waals surface area contributed by atoms with Crippen LogP contribution in [0.4, 0.5) is 16.2 Å². The number of benzene rings is 2. The molecule has 3 N–H and O–H groups in total. The Hall–Kier alpha value is -1.85.